The summed E-state index contributed by atoms with van der Waals surface area (Å²) < 4.78 is 1.78. The largest absolute Gasteiger partial charge is 0.306 e. The minimum atomic E-state index is 0.807. The smallest absolute Gasteiger partial charge is 0.0738 e. The predicted molar refractivity (Wildman–Crippen MR) is 55.9 cm³/mol. The molecule has 0 unspecified atom stereocenters. The third-order valence-corrected chi connectivity index (χ3v) is 2.87. The third-order valence-electron chi connectivity index (χ3n) is 1.99. The Kier molecular flexibility index (Phi) is 2.90. The molecule has 2 aromatic rings. The van der Waals surface area contributed by atoms with Crippen LogP contribution in [0.15, 0.2) is 23.7 Å². The monoisotopic (exact) mass is 208 g/mol. The van der Waals surface area contributed by atoms with Crippen molar-refractivity contribution < 1.29 is 0 Å². The average molecular weight is 208 g/mol. The molecule has 0 aliphatic carbocycles. The fraction of sp³-hybridized carbons (Fsp3) is 0.333. The molecule has 0 aliphatic heterocycles. The summed E-state index contributed by atoms with van der Waals surface area (Å²) in [6.07, 6.45) is 1.78. The minimum Gasteiger partial charge on any atom is -0.306 e. The molecule has 0 amide bonds. The van der Waals surface area contributed by atoms with Gasteiger partial charge in [-0.25, -0.2) is 0 Å². The lowest BCUT2D eigenvalue weighted by Crippen LogP contribution is -2.14. The van der Waals surface area contributed by atoms with Crippen LogP contribution < -0.4 is 5.32 Å². The van der Waals surface area contributed by atoms with Crippen LogP contribution in [0, 0.1) is 0 Å². The van der Waals surface area contributed by atoms with Crippen molar-refractivity contribution in [3.05, 3.63) is 34.3 Å². The molecule has 2 heterocycles. The van der Waals surface area contributed by atoms with Crippen LogP contribution in [-0.2, 0) is 20.1 Å². The molecular weight excluding hydrogens is 196 g/mol. The van der Waals surface area contributed by atoms with Crippen LogP contribution in [-0.4, -0.2) is 15.0 Å². The second kappa shape index (κ2) is 4.34. The van der Waals surface area contributed by atoms with Crippen molar-refractivity contribution in [1.29, 1.82) is 0 Å². The van der Waals surface area contributed by atoms with Gasteiger partial charge in [-0.2, -0.15) is 0 Å². The molecule has 0 fully saturated rings. The molecule has 2 rings (SSSR count). The maximum atomic E-state index is 3.86. The molecule has 4 nitrogen and oxygen atoms in total. The van der Waals surface area contributed by atoms with Crippen LogP contribution in [0.4, 0.5) is 0 Å². The standard InChI is InChI=1S/C9H12N4S/c1-13-8(6-11-12-13)5-10-7-9-3-2-4-14-9/h2-4,6,10H,5,7H2,1H3. The van der Waals surface area contributed by atoms with Gasteiger partial charge < -0.3 is 5.32 Å². The number of hydrogen-bond acceptors (Lipinski definition) is 4. The van der Waals surface area contributed by atoms with Gasteiger partial charge in [0.1, 0.15) is 0 Å². The Bertz CT molecular complexity index is 379. The van der Waals surface area contributed by atoms with Crippen molar-refractivity contribution in [2.75, 3.05) is 0 Å². The first-order chi connectivity index (χ1) is 6.86. The molecule has 0 saturated carbocycles. The number of rotatable bonds is 4. The SMILES string of the molecule is Cn1nncc1CNCc1cccs1. The predicted octanol–water partition coefficient (Wildman–Crippen LogP) is 1.17. The summed E-state index contributed by atoms with van der Waals surface area (Å²) in [5.41, 5.74) is 1.10. The van der Waals surface area contributed by atoms with Crippen LogP contribution in [0.3, 0.4) is 0 Å². The Hall–Kier alpha value is -1.20. The van der Waals surface area contributed by atoms with Crippen LogP contribution in [0.25, 0.3) is 0 Å². The molecule has 0 radical (unpaired) electrons. The summed E-state index contributed by atoms with van der Waals surface area (Å²) in [5.74, 6) is 0. The van der Waals surface area contributed by atoms with Crippen LogP contribution >= 0.6 is 11.3 Å². The Morgan fingerprint density at radius 3 is 3.07 bits per heavy atom. The van der Waals surface area contributed by atoms with E-state index in [2.05, 4.69) is 33.1 Å². The van der Waals surface area contributed by atoms with E-state index < -0.39 is 0 Å². The molecule has 74 valence electrons. The zero-order valence-electron chi connectivity index (χ0n) is 7.97. The van der Waals surface area contributed by atoms with E-state index in [-0.39, 0.29) is 0 Å². The normalized spacial score (nSPS) is 10.6. The van der Waals surface area contributed by atoms with E-state index >= 15 is 0 Å². The van der Waals surface area contributed by atoms with Gasteiger partial charge in [-0.3, -0.25) is 4.68 Å². The summed E-state index contributed by atoms with van der Waals surface area (Å²) in [6.45, 7) is 1.71. The molecule has 5 heteroatoms. The Morgan fingerprint density at radius 2 is 2.43 bits per heavy atom. The first kappa shape index (κ1) is 9.36. The Labute approximate surface area is 86.6 Å². The summed E-state index contributed by atoms with van der Waals surface area (Å²) >= 11 is 1.76. The van der Waals surface area contributed by atoms with Gasteiger partial charge in [-0.05, 0) is 11.4 Å². The van der Waals surface area contributed by atoms with Crippen LogP contribution in [0.5, 0.6) is 0 Å². The maximum absolute atomic E-state index is 3.86. The number of nitrogens with zero attached hydrogens (tertiary/aromatic N) is 3. The Morgan fingerprint density at radius 1 is 1.50 bits per heavy atom. The molecule has 0 spiro atoms. The van der Waals surface area contributed by atoms with Crippen molar-refractivity contribution in [2.24, 2.45) is 7.05 Å². The second-order valence-electron chi connectivity index (χ2n) is 3.03. The van der Waals surface area contributed by atoms with E-state index in [1.54, 1.807) is 22.2 Å². The number of aryl methyl sites for hydroxylation is 1. The van der Waals surface area contributed by atoms with Crippen LogP contribution in [0.1, 0.15) is 10.6 Å². The van der Waals surface area contributed by atoms with E-state index in [4.69, 9.17) is 0 Å². The molecule has 0 saturated heterocycles. The van der Waals surface area contributed by atoms with E-state index in [1.165, 1.54) is 4.88 Å². The zero-order chi connectivity index (χ0) is 9.80. The number of nitrogens with one attached hydrogen (secondary N) is 1. The summed E-state index contributed by atoms with van der Waals surface area (Å²) in [7, 11) is 1.90. The first-order valence-corrected chi connectivity index (χ1v) is 5.31. The quantitative estimate of drug-likeness (QED) is 0.820. The van der Waals surface area contributed by atoms with E-state index in [0.29, 0.717) is 0 Å². The molecule has 0 atom stereocenters. The van der Waals surface area contributed by atoms with E-state index in [1.807, 2.05) is 7.05 Å². The first-order valence-electron chi connectivity index (χ1n) is 4.43. The summed E-state index contributed by atoms with van der Waals surface area (Å²) in [4.78, 5) is 1.35. The second-order valence-corrected chi connectivity index (χ2v) is 4.06. The van der Waals surface area contributed by atoms with Gasteiger partial charge in [0.25, 0.3) is 0 Å². The lowest BCUT2D eigenvalue weighted by molar-refractivity contribution is 0.619. The maximum Gasteiger partial charge on any atom is 0.0738 e. The van der Waals surface area contributed by atoms with Gasteiger partial charge in [0.15, 0.2) is 0 Å². The Balaban J connectivity index is 1.81. The summed E-state index contributed by atoms with van der Waals surface area (Å²) in [5, 5.41) is 13.1. The van der Waals surface area contributed by atoms with Gasteiger partial charge in [0.05, 0.1) is 11.9 Å². The highest BCUT2D eigenvalue weighted by Crippen LogP contribution is 2.07. The lowest BCUT2D eigenvalue weighted by Gasteiger charge is -2.01. The highest BCUT2D eigenvalue weighted by molar-refractivity contribution is 7.09. The topological polar surface area (TPSA) is 42.7 Å². The van der Waals surface area contributed by atoms with Crippen molar-refractivity contribution in [3.8, 4) is 0 Å². The fourth-order valence-corrected chi connectivity index (χ4v) is 1.87. The molecule has 0 bridgehead atoms. The van der Waals surface area contributed by atoms with Gasteiger partial charge >= 0.3 is 0 Å². The van der Waals surface area contributed by atoms with Crippen molar-refractivity contribution in [1.82, 2.24) is 20.3 Å². The van der Waals surface area contributed by atoms with E-state index in [0.717, 1.165) is 18.8 Å². The minimum absolute atomic E-state index is 0.807. The lowest BCUT2D eigenvalue weighted by atomic mass is 10.4. The zero-order valence-corrected chi connectivity index (χ0v) is 8.79. The number of hydrogen-bond donors (Lipinski definition) is 1. The highest BCUT2D eigenvalue weighted by atomic mass is 32.1. The van der Waals surface area contributed by atoms with Crippen molar-refractivity contribution in [2.45, 2.75) is 13.1 Å². The molecular formula is C9H12N4S. The molecule has 0 aliphatic rings. The fourth-order valence-electron chi connectivity index (χ4n) is 1.20. The summed E-state index contributed by atoms with van der Waals surface area (Å²) in [6, 6.07) is 4.19. The van der Waals surface area contributed by atoms with Gasteiger partial charge in [0, 0.05) is 25.0 Å². The van der Waals surface area contributed by atoms with Gasteiger partial charge in [-0.1, -0.05) is 11.3 Å². The van der Waals surface area contributed by atoms with E-state index in [9.17, 15) is 0 Å². The molecule has 0 aromatic carbocycles. The van der Waals surface area contributed by atoms with Crippen molar-refractivity contribution in [3.63, 3.8) is 0 Å². The average Bonchev–Trinajstić information content (AvgIpc) is 2.78. The van der Waals surface area contributed by atoms with Gasteiger partial charge in [0.2, 0.25) is 0 Å². The van der Waals surface area contributed by atoms with Crippen LogP contribution in [0.2, 0.25) is 0 Å². The molecule has 14 heavy (non-hydrogen) atoms. The number of aromatic nitrogens is 3. The highest BCUT2D eigenvalue weighted by Gasteiger charge is 1.98. The molecule has 2 aromatic heterocycles. The van der Waals surface area contributed by atoms with Crippen molar-refractivity contribution >= 4 is 11.3 Å². The third kappa shape index (κ3) is 2.18. The molecule has 1 N–H and O–H groups in total. The number of thiophene rings is 1. The van der Waals surface area contributed by atoms with Gasteiger partial charge in [-0.15, -0.1) is 16.4 Å².